The van der Waals surface area contributed by atoms with E-state index < -0.39 is 6.03 Å². The van der Waals surface area contributed by atoms with Gasteiger partial charge in [0.05, 0.1) is 11.3 Å². The SMILES string of the molecule is O=C(Nc1cccc(Cl)c1)Nc1ccccc1C(=O)Nc1cccc(Cl)c1. The van der Waals surface area contributed by atoms with Gasteiger partial charge < -0.3 is 16.0 Å². The Balaban J connectivity index is 1.73. The molecule has 5 nitrogen and oxygen atoms in total. The van der Waals surface area contributed by atoms with Gasteiger partial charge in [-0.3, -0.25) is 4.79 Å². The Hall–Kier alpha value is -3.02. The molecule has 0 aliphatic rings. The number of halogens is 2. The molecule has 3 aromatic carbocycles. The maximum absolute atomic E-state index is 12.6. The number of nitrogens with one attached hydrogen (secondary N) is 3. The zero-order chi connectivity index (χ0) is 19.2. The standard InChI is InChI=1S/C20H15Cl2N3O2/c21-13-5-3-7-15(11-13)23-19(26)17-9-1-2-10-18(17)25-20(27)24-16-8-4-6-14(22)12-16/h1-12H,(H,23,26)(H2,24,25,27). The fourth-order valence-electron chi connectivity index (χ4n) is 2.41. The number of rotatable bonds is 4. The Kier molecular flexibility index (Phi) is 5.96. The molecule has 3 rings (SSSR count). The first-order chi connectivity index (χ1) is 13.0. The molecule has 7 heteroatoms. The van der Waals surface area contributed by atoms with E-state index in [0.29, 0.717) is 32.7 Å². The van der Waals surface area contributed by atoms with Crippen LogP contribution in [-0.4, -0.2) is 11.9 Å². The monoisotopic (exact) mass is 399 g/mol. The predicted molar refractivity (Wildman–Crippen MR) is 110 cm³/mol. The van der Waals surface area contributed by atoms with Crippen LogP contribution in [0.4, 0.5) is 21.9 Å². The summed E-state index contributed by atoms with van der Waals surface area (Å²) >= 11 is 11.8. The molecule has 0 unspecified atom stereocenters. The van der Waals surface area contributed by atoms with Gasteiger partial charge in [0.1, 0.15) is 0 Å². The molecule has 136 valence electrons. The van der Waals surface area contributed by atoms with Crippen LogP contribution in [0.3, 0.4) is 0 Å². The van der Waals surface area contributed by atoms with Crippen LogP contribution in [0.2, 0.25) is 10.0 Å². The molecule has 0 radical (unpaired) electrons. The number of para-hydroxylation sites is 1. The second-order valence-corrected chi connectivity index (χ2v) is 6.47. The summed E-state index contributed by atoms with van der Waals surface area (Å²) in [6.45, 7) is 0. The first kappa shape index (κ1) is 18.8. The van der Waals surface area contributed by atoms with Crippen molar-refractivity contribution in [2.45, 2.75) is 0 Å². The van der Waals surface area contributed by atoms with Gasteiger partial charge in [-0.1, -0.05) is 47.5 Å². The minimum atomic E-state index is -0.486. The Labute approximate surface area is 166 Å². The summed E-state index contributed by atoms with van der Waals surface area (Å²) in [4.78, 5) is 24.8. The Bertz CT molecular complexity index is 992. The van der Waals surface area contributed by atoms with Crippen LogP contribution in [0.1, 0.15) is 10.4 Å². The van der Waals surface area contributed by atoms with E-state index in [0.717, 1.165) is 0 Å². The van der Waals surface area contributed by atoms with Crippen molar-refractivity contribution < 1.29 is 9.59 Å². The molecule has 0 spiro atoms. The molecule has 3 amide bonds. The van der Waals surface area contributed by atoms with E-state index in [4.69, 9.17) is 23.2 Å². The lowest BCUT2D eigenvalue weighted by atomic mass is 10.1. The summed E-state index contributed by atoms with van der Waals surface area (Å²) in [6, 6.07) is 19.8. The molecule has 0 heterocycles. The summed E-state index contributed by atoms with van der Waals surface area (Å²) in [5.41, 5.74) is 1.79. The van der Waals surface area contributed by atoms with Gasteiger partial charge in [-0.25, -0.2) is 4.79 Å². The number of amides is 3. The van der Waals surface area contributed by atoms with E-state index in [1.807, 2.05) is 0 Å². The van der Waals surface area contributed by atoms with E-state index in [2.05, 4.69) is 16.0 Å². The van der Waals surface area contributed by atoms with Crippen LogP contribution < -0.4 is 16.0 Å². The predicted octanol–water partition coefficient (Wildman–Crippen LogP) is 5.89. The summed E-state index contributed by atoms with van der Waals surface area (Å²) in [5, 5.41) is 9.13. The van der Waals surface area contributed by atoms with Crippen LogP contribution in [-0.2, 0) is 0 Å². The number of anilines is 3. The Morgan fingerprint density at radius 3 is 1.89 bits per heavy atom. The highest BCUT2D eigenvalue weighted by molar-refractivity contribution is 6.31. The van der Waals surface area contributed by atoms with Crippen molar-refractivity contribution in [1.82, 2.24) is 0 Å². The molecule has 0 saturated carbocycles. The summed E-state index contributed by atoms with van der Waals surface area (Å²) < 4.78 is 0. The molecule has 0 saturated heterocycles. The molecule has 0 aliphatic carbocycles. The van der Waals surface area contributed by atoms with Gasteiger partial charge in [0.25, 0.3) is 5.91 Å². The van der Waals surface area contributed by atoms with Crippen molar-refractivity contribution in [3.63, 3.8) is 0 Å². The molecular weight excluding hydrogens is 385 g/mol. The highest BCUT2D eigenvalue weighted by Crippen LogP contribution is 2.20. The third kappa shape index (κ3) is 5.23. The van der Waals surface area contributed by atoms with Crippen LogP contribution in [0, 0.1) is 0 Å². The van der Waals surface area contributed by atoms with Gasteiger partial charge in [-0.15, -0.1) is 0 Å². The third-order valence-electron chi connectivity index (χ3n) is 3.58. The fraction of sp³-hybridized carbons (Fsp3) is 0. The summed E-state index contributed by atoms with van der Waals surface area (Å²) in [7, 11) is 0. The van der Waals surface area contributed by atoms with E-state index in [9.17, 15) is 9.59 Å². The average Bonchev–Trinajstić information content (AvgIpc) is 2.62. The largest absolute Gasteiger partial charge is 0.323 e. The topological polar surface area (TPSA) is 70.2 Å². The molecule has 3 aromatic rings. The van der Waals surface area contributed by atoms with Crippen molar-refractivity contribution in [3.05, 3.63) is 88.4 Å². The molecule has 0 aliphatic heterocycles. The molecular formula is C20H15Cl2N3O2. The normalized spacial score (nSPS) is 10.1. The summed E-state index contributed by atoms with van der Waals surface area (Å²) in [5.74, 6) is -0.365. The first-order valence-corrected chi connectivity index (χ1v) is 8.76. The smallest absolute Gasteiger partial charge is 0.322 e. The number of benzene rings is 3. The van der Waals surface area contributed by atoms with Crippen LogP contribution in [0.5, 0.6) is 0 Å². The maximum atomic E-state index is 12.6. The zero-order valence-corrected chi connectivity index (χ0v) is 15.5. The van der Waals surface area contributed by atoms with E-state index >= 15 is 0 Å². The number of urea groups is 1. The highest BCUT2D eigenvalue weighted by atomic mass is 35.5. The molecule has 0 atom stereocenters. The fourth-order valence-corrected chi connectivity index (χ4v) is 2.79. The zero-order valence-electron chi connectivity index (χ0n) is 14.0. The lowest BCUT2D eigenvalue weighted by Crippen LogP contribution is -2.22. The van der Waals surface area contributed by atoms with Crippen LogP contribution in [0.15, 0.2) is 72.8 Å². The minimum Gasteiger partial charge on any atom is -0.322 e. The molecule has 27 heavy (non-hydrogen) atoms. The van der Waals surface area contributed by atoms with Crippen LogP contribution >= 0.6 is 23.2 Å². The van der Waals surface area contributed by atoms with E-state index in [-0.39, 0.29) is 5.91 Å². The van der Waals surface area contributed by atoms with E-state index in [1.165, 1.54) is 0 Å². The second kappa shape index (κ2) is 8.58. The quantitative estimate of drug-likeness (QED) is 0.511. The number of hydrogen-bond acceptors (Lipinski definition) is 2. The number of hydrogen-bond donors (Lipinski definition) is 3. The molecule has 0 fully saturated rings. The Morgan fingerprint density at radius 2 is 1.26 bits per heavy atom. The van der Waals surface area contributed by atoms with Gasteiger partial charge in [-0.2, -0.15) is 0 Å². The van der Waals surface area contributed by atoms with Gasteiger partial charge in [0, 0.05) is 21.4 Å². The van der Waals surface area contributed by atoms with Gasteiger partial charge in [-0.05, 0) is 48.5 Å². The van der Waals surface area contributed by atoms with Crippen molar-refractivity contribution in [2.24, 2.45) is 0 Å². The van der Waals surface area contributed by atoms with Crippen LogP contribution in [0.25, 0.3) is 0 Å². The lowest BCUT2D eigenvalue weighted by Gasteiger charge is -2.12. The molecule has 3 N–H and O–H groups in total. The second-order valence-electron chi connectivity index (χ2n) is 5.60. The summed E-state index contributed by atoms with van der Waals surface area (Å²) in [6.07, 6.45) is 0. The Morgan fingerprint density at radius 1 is 0.667 bits per heavy atom. The molecule has 0 bridgehead atoms. The molecule has 0 aromatic heterocycles. The van der Waals surface area contributed by atoms with Gasteiger partial charge in [0.2, 0.25) is 0 Å². The lowest BCUT2D eigenvalue weighted by molar-refractivity contribution is 0.102. The number of carbonyl (C=O) groups is 2. The van der Waals surface area contributed by atoms with Gasteiger partial charge >= 0.3 is 6.03 Å². The average molecular weight is 400 g/mol. The number of carbonyl (C=O) groups excluding carboxylic acids is 2. The minimum absolute atomic E-state index is 0.318. The van der Waals surface area contributed by atoms with Crippen molar-refractivity contribution in [1.29, 1.82) is 0 Å². The van der Waals surface area contributed by atoms with Crippen molar-refractivity contribution in [3.8, 4) is 0 Å². The van der Waals surface area contributed by atoms with E-state index in [1.54, 1.807) is 72.8 Å². The third-order valence-corrected chi connectivity index (χ3v) is 4.06. The van der Waals surface area contributed by atoms with Crippen molar-refractivity contribution >= 4 is 52.2 Å². The van der Waals surface area contributed by atoms with Gasteiger partial charge in [0.15, 0.2) is 0 Å². The maximum Gasteiger partial charge on any atom is 0.323 e. The highest BCUT2D eigenvalue weighted by Gasteiger charge is 2.13. The van der Waals surface area contributed by atoms with Crippen molar-refractivity contribution in [2.75, 3.05) is 16.0 Å². The first-order valence-electron chi connectivity index (χ1n) is 8.01.